The number of para-hydroxylation sites is 1. The van der Waals surface area contributed by atoms with Crippen LogP contribution in [0.25, 0.3) is 10.9 Å². The third kappa shape index (κ3) is 6.58. The van der Waals surface area contributed by atoms with E-state index < -0.39 is 0 Å². The molecule has 0 bridgehead atoms. The molecule has 3 heteroatoms. The number of aromatic nitrogens is 1. The highest BCUT2D eigenvalue weighted by atomic mass is 16.5. The molecule has 0 atom stereocenters. The van der Waals surface area contributed by atoms with E-state index in [2.05, 4.69) is 24.1 Å². The molecule has 0 amide bonds. The molecule has 3 nitrogen and oxygen atoms in total. The van der Waals surface area contributed by atoms with Gasteiger partial charge in [-0.15, -0.1) is 0 Å². The van der Waals surface area contributed by atoms with Gasteiger partial charge in [0.2, 0.25) is 0 Å². The van der Waals surface area contributed by atoms with Crippen molar-refractivity contribution < 1.29 is 4.74 Å². The molecule has 25 heavy (non-hydrogen) atoms. The second kappa shape index (κ2) is 11.3. The summed E-state index contributed by atoms with van der Waals surface area (Å²) in [5.41, 5.74) is 1.14. The number of ether oxygens (including phenoxy) is 1. The predicted molar refractivity (Wildman–Crippen MR) is 103 cm³/mol. The monoisotopic (exact) mass is 336 g/mol. The molecular formula is C22H28N2O. The second-order valence-electron chi connectivity index (χ2n) is 6.39. The Morgan fingerprint density at radius 2 is 1.76 bits per heavy atom. The summed E-state index contributed by atoms with van der Waals surface area (Å²) in [6.07, 6.45) is 15.5. The minimum atomic E-state index is 0.409. The van der Waals surface area contributed by atoms with E-state index in [4.69, 9.17) is 10.00 Å². The topological polar surface area (TPSA) is 45.9 Å². The standard InChI is InChI=1S/C22H28N2O/c1-2-3-4-5-6-7-8-9-10-11-17-25-21-14-12-13-19-15-16-20(18-23)24-22(19)21/h11-17H,2-10H2,1H3/b17-11+. The van der Waals surface area contributed by atoms with E-state index in [0.717, 1.165) is 17.3 Å². The van der Waals surface area contributed by atoms with Gasteiger partial charge in [-0.3, -0.25) is 0 Å². The molecule has 2 rings (SSSR count). The zero-order chi connectivity index (χ0) is 17.7. The van der Waals surface area contributed by atoms with Crippen molar-refractivity contribution in [3.05, 3.63) is 48.4 Å². The molecule has 0 spiro atoms. The van der Waals surface area contributed by atoms with Crippen molar-refractivity contribution >= 4 is 10.9 Å². The van der Waals surface area contributed by atoms with Crippen molar-refractivity contribution in [1.82, 2.24) is 4.98 Å². The fourth-order valence-electron chi connectivity index (χ4n) is 2.86. The smallest absolute Gasteiger partial charge is 0.152 e. The van der Waals surface area contributed by atoms with Gasteiger partial charge in [0, 0.05) is 5.39 Å². The maximum absolute atomic E-state index is 9.00. The van der Waals surface area contributed by atoms with Crippen molar-refractivity contribution in [1.29, 1.82) is 5.26 Å². The number of nitrogens with zero attached hydrogens (tertiary/aromatic N) is 2. The number of hydrogen-bond donors (Lipinski definition) is 0. The Morgan fingerprint density at radius 1 is 1.00 bits per heavy atom. The van der Waals surface area contributed by atoms with Gasteiger partial charge in [0.1, 0.15) is 17.3 Å². The third-order valence-electron chi connectivity index (χ3n) is 4.31. The van der Waals surface area contributed by atoms with Gasteiger partial charge in [0.05, 0.1) is 6.26 Å². The number of nitriles is 1. The quantitative estimate of drug-likeness (QED) is 0.346. The Kier molecular flexibility index (Phi) is 8.55. The van der Waals surface area contributed by atoms with Crippen molar-refractivity contribution in [3.8, 4) is 11.8 Å². The molecule has 0 radical (unpaired) electrons. The van der Waals surface area contributed by atoms with E-state index >= 15 is 0 Å². The summed E-state index contributed by atoms with van der Waals surface area (Å²) in [4.78, 5) is 4.34. The maximum atomic E-state index is 9.00. The lowest BCUT2D eigenvalue weighted by Gasteiger charge is -2.05. The largest absolute Gasteiger partial charge is 0.463 e. The third-order valence-corrected chi connectivity index (χ3v) is 4.31. The van der Waals surface area contributed by atoms with Crippen molar-refractivity contribution in [3.63, 3.8) is 0 Å². The first-order valence-electron chi connectivity index (χ1n) is 9.46. The van der Waals surface area contributed by atoms with Crippen LogP contribution < -0.4 is 4.74 Å². The molecule has 0 aliphatic rings. The normalized spacial score (nSPS) is 11.0. The predicted octanol–water partition coefficient (Wildman–Crippen LogP) is 6.53. The fourth-order valence-corrected chi connectivity index (χ4v) is 2.86. The van der Waals surface area contributed by atoms with E-state index in [1.54, 1.807) is 12.3 Å². The van der Waals surface area contributed by atoms with Crippen LogP contribution in [0.4, 0.5) is 0 Å². The molecule has 0 aliphatic carbocycles. The first-order chi connectivity index (χ1) is 12.3. The summed E-state index contributed by atoms with van der Waals surface area (Å²) >= 11 is 0. The molecule has 0 aliphatic heterocycles. The van der Waals surface area contributed by atoms with E-state index in [0.29, 0.717) is 11.4 Å². The van der Waals surface area contributed by atoms with Gasteiger partial charge in [-0.05, 0) is 37.1 Å². The van der Waals surface area contributed by atoms with Crippen LogP contribution in [0.2, 0.25) is 0 Å². The summed E-state index contributed by atoms with van der Waals surface area (Å²) < 4.78 is 5.74. The molecule has 1 aromatic carbocycles. The fraction of sp³-hybridized carbons (Fsp3) is 0.455. The molecule has 132 valence electrons. The Labute approximate surface area is 151 Å². The molecular weight excluding hydrogens is 308 g/mol. The van der Waals surface area contributed by atoms with Gasteiger partial charge in [0.25, 0.3) is 0 Å². The highest BCUT2D eigenvalue weighted by Crippen LogP contribution is 2.24. The summed E-state index contributed by atoms with van der Waals surface area (Å²) in [5.74, 6) is 0.696. The SMILES string of the molecule is CCCCCCCCCC/C=C/Oc1cccc2ccc(C#N)nc12. The van der Waals surface area contributed by atoms with Crippen LogP contribution >= 0.6 is 0 Å². The van der Waals surface area contributed by atoms with Crippen LogP contribution in [-0.4, -0.2) is 4.98 Å². The van der Waals surface area contributed by atoms with Crippen molar-refractivity contribution in [2.24, 2.45) is 0 Å². The Balaban J connectivity index is 1.72. The number of benzene rings is 1. The highest BCUT2D eigenvalue weighted by molar-refractivity contribution is 5.84. The number of hydrogen-bond acceptors (Lipinski definition) is 3. The van der Waals surface area contributed by atoms with Gasteiger partial charge in [-0.25, -0.2) is 4.98 Å². The lowest BCUT2D eigenvalue weighted by molar-refractivity contribution is 0.482. The number of rotatable bonds is 11. The highest BCUT2D eigenvalue weighted by Gasteiger charge is 2.03. The van der Waals surface area contributed by atoms with Crippen LogP contribution in [0.5, 0.6) is 5.75 Å². The number of pyridine rings is 1. The van der Waals surface area contributed by atoms with Crippen LogP contribution in [-0.2, 0) is 0 Å². The summed E-state index contributed by atoms with van der Waals surface area (Å²) in [6, 6.07) is 11.5. The molecule has 2 aromatic rings. The van der Waals surface area contributed by atoms with Crippen molar-refractivity contribution in [2.45, 2.75) is 64.7 Å². The van der Waals surface area contributed by atoms with Crippen LogP contribution in [0.15, 0.2) is 42.7 Å². The van der Waals surface area contributed by atoms with E-state index in [-0.39, 0.29) is 0 Å². The van der Waals surface area contributed by atoms with Crippen molar-refractivity contribution in [2.75, 3.05) is 0 Å². The van der Waals surface area contributed by atoms with Gasteiger partial charge >= 0.3 is 0 Å². The summed E-state index contributed by atoms with van der Waals surface area (Å²) in [5, 5.41) is 9.98. The molecule has 0 saturated heterocycles. The number of fused-ring (bicyclic) bond motifs is 1. The molecule has 0 unspecified atom stereocenters. The van der Waals surface area contributed by atoms with Gasteiger partial charge in [-0.2, -0.15) is 5.26 Å². The molecule has 1 aromatic heterocycles. The second-order valence-corrected chi connectivity index (χ2v) is 6.39. The van der Waals surface area contributed by atoms with Crippen LogP contribution in [0, 0.1) is 11.3 Å². The maximum Gasteiger partial charge on any atom is 0.152 e. The Hall–Kier alpha value is -2.34. The average molecular weight is 336 g/mol. The molecule has 0 N–H and O–H groups in total. The van der Waals surface area contributed by atoms with Crippen LogP contribution in [0.3, 0.4) is 0 Å². The molecule has 1 heterocycles. The minimum Gasteiger partial charge on any atom is -0.463 e. The van der Waals surface area contributed by atoms with E-state index in [9.17, 15) is 0 Å². The van der Waals surface area contributed by atoms with E-state index in [1.165, 1.54) is 51.4 Å². The first-order valence-corrected chi connectivity index (χ1v) is 9.46. The number of allylic oxidation sites excluding steroid dienone is 1. The molecule has 0 fully saturated rings. The van der Waals surface area contributed by atoms with Crippen LogP contribution in [0.1, 0.15) is 70.4 Å². The first kappa shape index (κ1) is 19.0. The minimum absolute atomic E-state index is 0.409. The molecule has 0 saturated carbocycles. The Morgan fingerprint density at radius 3 is 2.52 bits per heavy atom. The Bertz CT molecular complexity index is 716. The lowest BCUT2D eigenvalue weighted by atomic mass is 10.1. The van der Waals surface area contributed by atoms with Gasteiger partial charge in [-0.1, -0.05) is 64.0 Å². The van der Waals surface area contributed by atoms with E-state index in [1.807, 2.05) is 24.3 Å². The zero-order valence-corrected chi connectivity index (χ0v) is 15.2. The summed E-state index contributed by atoms with van der Waals surface area (Å²) in [7, 11) is 0. The average Bonchev–Trinajstić information content (AvgIpc) is 2.65. The lowest BCUT2D eigenvalue weighted by Crippen LogP contribution is -1.89. The summed E-state index contributed by atoms with van der Waals surface area (Å²) in [6.45, 7) is 2.26. The van der Waals surface area contributed by atoms with Gasteiger partial charge in [0.15, 0.2) is 5.75 Å². The zero-order valence-electron chi connectivity index (χ0n) is 15.2. The number of unbranched alkanes of at least 4 members (excludes halogenated alkanes) is 8. The van der Waals surface area contributed by atoms with Gasteiger partial charge < -0.3 is 4.74 Å².